The SMILES string of the molecule is CC1Cc2cc(S(=O)(=O)Nc3cccc(-c4cn5c(n4)SCC5)c3)ccc2N1C(=O)C(F)(F)F. The molecule has 1 amide bonds. The summed E-state index contributed by atoms with van der Waals surface area (Å²) in [7, 11) is -4.02. The smallest absolute Gasteiger partial charge is 0.325 e. The van der Waals surface area contributed by atoms with Gasteiger partial charge in [0.05, 0.1) is 10.6 Å². The van der Waals surface area contributed by atoms with Crippen LogP contribution in [0.25, 0.3) is 11.3 Å². The summed E-state index contributed by atoms with van der Waals surface area (Å²) >= 11 is 1.66. The summed E-state index contributed by atoms with van der Waals surface area (Å²) < 4.78 is 69.6. The van der Waals surface area contributed by atoms with E-state index in [0.717, 1.165) is 28.7 Å². The van der Waals surface area contributed by atoms with Crippen molar-refractivity contribution in [3.63, 3.8) is 0 Å². The van der Waals surface area contributed by atoms with Gasteiger partial charge in [-0.25, -0.2) is 13.4 Å². The zero-order valence-corrected chi connectivity index (χ0v) is 19.5. The van der Waals surface area contributed by atoms with Crippen LogP contribution in [0.5, 0.6) is 0 Å². The summed E-state index contributed by atoms with van der Waals surface area (Å²) in [6, 6.07) is 9.88. The van der Waals surface area contributed by atoms with Crippen molar-refractivity contribution in [3.05, 3.63) is 54.2 Å². The summed E-state index contributed by atoms with van der Waals surface area (Å²) in [5.41, 5.74) is 2.27. The third-order valence-corrected chi connectivity index (χ3v) is 8.10. The number of amides is 1. The molecule has 2 aliphatic heterocycles. The highest BCUT2D eigenvalue weighted by Gasteiger charge is 2.47. The van der Waals surface area contributed by atoms with Crippen molar-refractivity contribution in [1.82, 2.24) is 9.55 Å². The summed E-state index contributed by atoms with van der Waals surface area (Å²) in [4.78, 5) is 17.0. The van der Waals surface area contributed by atoms with Gasteiger partial charge in [0.25, 0.3) is 10.0 Å². The van der Waals surface area contributed by atoms with Gasteiger partial charge < -0.3 is 9.47 Å². The molecule has 12 heteroatoms. The van der Waals surface area contributed by atoms with Crippen molar-refractivity contribution in [1.29, 1.82) is 0 Å². The van der Waals surface area contributed by atoms with E-state index in [9.17, 15) is 26.4 Å². The molecule has 5 rings (SSSR count). The number of aromatic nitrogens is 2. The molecule has 0 spiro atoms. The minimum Gasteiger partial charge on any atom is -0.325 e. The third-order valence-electron chi connectivity index (χ3n) is 5.75. The molecule has 7 nitrogen and oxygen atoms in total. The van der Waals surface area contributed by atoms with Crippen LogP contribution in [0.4, 0.5) is 24.5 Å². The summed E-state index contributed by atoms with van der Waals surface area (Å²) in [6.45, 7) is 2.37. The maximum absolute atomic E-state index is 13.0. The lowest BCUT2D eigenvalue weighted by molar-refractivity contribution is -0.170. The van der Waals surface area contributed by atoms with Gasteiger partial charge in [0.15, 0.2) is 5.16 Å². The van der Waals surface area contributed by atoms with Crippen LogP contribution in [0.15, 0.2) is 58.7 Å². The molecule has 2 aliphatic rings. The van der Waals surface area contributed by atoms with E-state index in [4.69, 9.17) is 0 Å². The Morgan fingerprint density at radius 1 is 1.21 bits per heavy atom. The molecule has 0 aliphatic carbocycles. The van der Waals surface area contributed by atoms with E-state index in [1.165, 1.54) is 25.1 Å². The molecule has 34 heavy (non-hydrogen) atoms. The predicted octanol–water partition coefficient (Wildman–Crippen LogP) is 4.30. The Morgan fingerprint density at radius 3 is 2.74 bits per heavy atom. The Labute approximate surface area is 198 Å². The number of anilines is 2. The van der Waals surface area contributed by atoms with Gasteiger partial charge in [-0.15, -0.1) is 0 Å². The average molecular weight is 509 g/mol. The van der Waals surface area contributed by atoms with Crippen LogP contribution in [0.3, 0.4) is 0 Å². The molecule has 178 valence electrons. The van der Waals surface area contributed by atoms with Crippen molar-refractivity contribution in [2.24, 2.45) is 0 Å². The van der Waals surface area contributed by atoms with Crippen molar-refractivity contribution < 1.29 is 26.4 Å². The minimum absolute atomic E-state index is 0.0708. The predicted molar refractivity (Wildman–Crippen MR) is 122 cm³/mol. The number of nitrogens with zero attached hydrogens (tertiary/aromatic N) is 3. The molecule has 0 saturated carbocycles. The number of aryl methyl sites for hydroxylation is 1. The van der Waals surface area contributed by atoms with Gasteiger partial charge in [-0.3, -0.25) is 9.52 Å². The zero-order chi connectivity index (χ0) is 24.3. The van der Waals surface area contributed by atoms with E-state index in [-0.39, 0.29) is 17.0 Å². The monoisotopic (exact) mass is 508 g/mol. The molecule has 1 N–H and O–H groups in total. The Hall–Kier alpha value is -2.99. The van der Waals surface area contributed by atoms with Gasteiger partial charge in [-0.05, 0) is 49.2 Å². The second-order valence-corrected chi connectivity index (χ2v) is 10.9. The first-order valence-electron chi connectivity index (χ1n) is 10.4. The van der Waals surface area contributed by atoms with Crippen LogP contribution in [0, 0.1) is 0 Å². The molecule has 1 unspecified atom stereocenters. The first-order valence-corrected chi connectivity index (χ1v) is 12.9. The number of halogens is 3. The van der Waals surface area contributed by atoms with Gasteiger partial charge >= 0.3 is 12.1 Å². The fourth-order valence-electron chi connectivity index (χ4n) is 4.23. The van der Waals surface area contributed by atoms with Gasteiger partial charge in [0, 0.05) is 41.5 Å². The number of benzene rings is 2. The summed E-state index contributed by atoms with van der Waals surface area (Å²) in [5.74, 6) is -0.989. The highest BCUT2D eigenvalue weighted by molar-refractivity contribution is 7.99. The lowest BCUT2D eigenvalue weighted by Crippen LogP contribution is -2.44. The second-order valence-electron chi connectivity index (χ2n) is 8.15. The normalized spacial score (nSPS) is 17.5. The second kappa shape index (κ2) is 8.05. The number of fused-ring (bicyclic) bond motifs is 2. The van der Waals surface area contributed by atoms with Gasteiger partial charge in [0.1, 0.15) is 0 Å². The first-order chi connectivity index (χ1) is 16.0. The maximum Gasteiger partial charge on any atom is 0.471 e. The highest BCUT2D eigenvalue weighted by atomic mass is 32.2. The number of carbonyl (C=O) groups excluding carboxylic acids is 1. The van der Waals surface area contributed by atoms with Crippen LogP contribution in [0.2, 0.25) is 0 Å². The largest absolute Gasteiger partial charge is 0.471 e. The molecule has 1 atom stereocenters. The number of imidazole rings is 1. The summed E-state index contributed by atoms with van der Waals surface area (Å²) in [6.07, 6.45) is -2.96. The number of alkyl halides is 3. The molecule has 3 aromatic rings. The molecular weight excluding hydrogens is 489 g/mol. The fourth-order valence-corrected chi connectivity index (χ4v) is 6.27. The van der Waals surface area contributed by atoms with Gasteiger partial charge in [-0.2, -0.15) is 13.2 Å². The topological polar surface area (TPSA) is 84.3 Å². The van der Waals surface area contributed by atoms with Crippen molar-refractivity contribution in [2.45, 2.75) is 42.2 Å². The molecule has 0 saturated heterocycles. The van der Waals surface area contributed by atoms with E-state index in [1.54, 1.807) is 30.0 Å². The van der Waals surface area contributed by atoms with Crippen LogP contribution in [-0.2, 0) is 27.8 Å². The minimum atomic E-state index is -5.01. The van der Waals surface area contributed by atoms with Gasteiger partial charge in [-0.1, -0.05) is 23.9 Å². The number of hydrogen-bond donors (Lipinski definition) is 1. The Morgan fingerprint density at radius 2 is 2.00 bits per heavy atom. The molecule has 0 fully saturated rings. The van der Waals surface area contributed by atoms with E-state index >= 15 is 0 Å². The van der Waals surface area contributed by atoms with Crippen molar-refractivity contribution in [2.75, 3.05) is 15.4 Å². The van der Waals surface area contributed by atoms with Crippen LogP contribution < -0.4 is 9.62 Å². The lowest BCUT2D eigenvalue weighted by Gasteiger charge is -2.23. The van der Waals surface area contributed by atoms with Crippen LogP contribution in [0.1, 0.15) is 12.5 Å². The number of hydrogen-bond acceptors (Lipinski definition) is 5. The fraction of sp³-hybridized carbons (Fsp3) is 0.273. The number of thioether (sulfide) groups is 1. The quantitative estimate of drug-likeness (QED) is 0.568. The van der Waals surface area contributed by atoms with Gasteiger partial charge in [0.2, 0.25) is 0 Å². The first kappa shape index (κ1) is 22.8. The Balaban J connectivity index is 1.40. The maximum atomic E-state index is 13.0. The average Bonchev–Trinajstić information content (AvgIpc) is 3.44. The highest BCUT2D eigenvalue weighted by Crippen LogP contribution is 2.37. The van der Waals surface area contributed by atoms with Crippen molar-refractivity contribution in [3.8, 4) is 11.3 Å². The molecule has 2 aromatic carbocycles. The molecule has 3 heterocycles. The molecule has 1 aromatic heterocycles. The van der Waals surface area contributed by atoms with E-state index in [2.05, 4.69) is 14.3 Å². The number of rotatable bonds is 4. The molecule has 0 radical (unpaired) electrons. The summed E-state index contributed by atoms with van der Waals surface area (Å²) in [5, 5.41) is 0.923. The number of carbonyl (C=O) groups is 1. The van der Waals surface area contributed by atoms with Crippen molar-refractivity contribution >= 4 is 39.1 Å². The lowest BCUT2D eigenvalue weighted by atomic mass is 10.1. The Kier molecular flexibility index (Phi) is 5.40. The number of sulfonamides is 1. The van der Waals surface area contributed by atoms with E-state index in [1.807, 2.05) is 12.3 Å². The molecule has 0 bridgehead atoms. The van der Waals surface area contributed by atoms with E-state index in [0.29, 0.717) is 16.2 Å². The number of nitrogens with one attached hydrogen (secondary N) is 1. The van der Waals surface area contributed by atoms with Crippen LogP contribution in [-0.4, -0.2) is 41.8 Å². The third kappa shape index (κ3) is 4.05. The molecular formula is C22H19F3N4O3S2. The van der Waals surface area contributed by atoms with Crippen LogP contribution >= 0.6 is 11.8 Å². The van der Waals surface area contributed by atoms with E-state index < -0.39 is 28.1 Å². The Bertz CT molecular complexity index is 1380. The zero-order valence-electron chi connectivity index (χ0n) is 17.8. The standard InChI is InChI=1S/C22H19F3N4O3S2/c1-13-9-15-11-17(5-6-19(15)29(13)20(30)22(23,24)25)34(31,32)27-16-4-2-3-14(10-16)18-12-28-7-8-33-21(28)26-18/h2-6,10-13,27H,7-9H2,1H3.